The number of allylic oxidation sites excluding steroid dienone is 2. The summed E-state index contributed by atoms with van der Waals surface area (Å²) in [5, 5.41) is 3.11. The molecule has 0 fully saturated rings. The molecule has 1 N–H and O–H groups in total. The van der Waals surface area contributed by atoms with Gasteiger partial charge in [-0.3, -0.25) is 0 Å². The van der Waals surface area contributed by atoms with Gasteiger partial charge in [0, 0.05) is 21.4 Å². The third-order valence-corrected chi connectivity index (χ3v) is 5.49. The van der Waals surface area contributed by atoms with E-state index in [9.17, 15) is 9.59 Å². The van der Waals surface area contributed by atoms with Crippen LogP contribution in [-0.2, 0) is 19.1 Å². The predicted octanol–water partition coefficient (Wildman–Crippen LogP) is 5.07. The van der Waals surface area contributed by atoms with E-state index in [1.54, 1.807) is 33.8 Å². The SMILES string of the molecule is CCOC(=O)C1=C(C)NC(C)=C(C(=O)OCC)C1c1ccc(-c2ccccc2Br)o1. The summed E-state index contributed by atoms with van der Waals surface area (Å²) in [6, 6.07) is 11.3. The van der Waals surface area contributed by atoms with Crippen molar-refractivity contribution in [1.82, 2.24) is 5.32 Å². The summed E-state index contributed by atoms with van der Waals surface area (Å²) in [7, 11) is 0. The van der Waals surface area contributed by atoms with Crippen molar-refractivity contribution in [2.45, 2.75) is 33.6 Å². The van der Waals surface area contributed by atoms with Crippen molar-refractivity contribution in [3.8, 4) is 11.3 Å². The van der Waals surface area contributed by atoms with Crippen molar-refractivity contribution in [2.24, 2.45) is 0 Å². The van der Waals surface area contributed by atoms with Crippen LogP contribution in [0.1, 0.15) is 39.4 Å². The van der Waals surface area contributed by atoms with Gasteiger partial charge in [-0.1, -0.05) is 34.1 Å². The molecule has 6 nitrogen and oxygen atoms in total. The average Bonchev–Trinajstić information content (AvgIpc) is 3.17. The van der Waals surface area contributed by atoms with Crippen LogP contribution in [0.2, 0.25) is 0 Å². The number of nitrogens with one attached hydrogen (secondary N) is 1. The molecular weight excluding hydrogens is 450 g/mol. The molecule has 7 heteroatoms. The van der Waals surface area contributed by atoms with Gasteiger partial charge in [-0.15, -0.1) is 0 Å². The molecule has 0 atom stereocenters. The Morgan fingerprint density at radius 1 is 0.967 bits per heavy atom. The maximum Gasteiger partial charge on any atom is 0.336 e. The number of esters is 2. The van der Waals surface area contributed by atoms with E-state index < -0.39 is 17.9 Å². The van der Waals surface area contributed by atoms with Gasteiger partial charge in [-0.05, 0) is 45.9 Å². The smallest absolute Gasteiger partial charge is 0.336 e. The standard InChI is InChI=1S/C23H24BrNO5/c1-5-28-22(26)19-13(3)25-14(4)20(23(27)29-6-2)21(19)18-12-11-17(30-18)15-9-7-8-10-16(15)24/h7-12,21,25H,5-6H2,1-4H3. The van der Waals surface area contributed by atoms with E-state index in [1.807, 2.05) is 30.3 Å². The van der Waals surface area contributed by atoms with Crippen LogP contribution in [0.4, 0.5) is 0 Å². The fourth-order valence-electron chi connectivity index (χ4n) is 3.55. The highest BCUT2D eigenvalue weighted by Gasteiger charge is 2.39. The number of rotatable bonds is 6. The lowest BCUT2D eigenvalue weighted by Crippen LogP contribution is -2.32. The molecular formula is C23H24BrNO5. The average molecular weight is 474 g/mol. The summed E-state index contributed by atoms with van der Waals surface area (Å²) in [6.07, 6.45) is 0. The van der Waals surface area contributed by atoms with Crippen LogP contribution in [-0.4, -0.2) is 25.2 Å². The maximum atomic E-state index is 12.8. The van der Waals surface area contributed by atoms with Gasteiger partial charge in [0.05, 0.1) is 30.3 Å². The molecule has 1 aromatic heterocycles. The molecule has 158 valence electrons. The van der Waals surface area contributed by atoms with E-state index in [2.05, 4.69) is 21.2 Å². The Kier molecular flexibility index (Phi) is 6.82. The van der Waals surface area contributed by atoms with Crippen LogP contribution in [0, 0.1) is 0 Å². The Balaban J connectivity index is 2.14. The van der Waals surface area contributed by atoms with Gasteiger partial charge < -0.3 is 19.2 Å². The molecule has 0 unspecified atom stereocenters. The third kappa shape index (κ3) is 4.21. The first-order valence-corrected chi connectivity index (χ1v) is 10.6. The zero-order valence-corrected chi connectivity index (χ0v) is 19.0. The predicted molar refractivity (Wildman–Crippen MR) is 116 cm³/mol. The van der Waals surface area contributed by atoms with Crippen molar-refractivity contribution >= 4 is 27.9 Å². The zero-order valence-electron chi connectivity index (χ0n) is 17.4. The molecule has 0 amide bonds. The minimum atomic E-state index is -0.736. The van der Waals surface area contributed by atoms with Crippen LogP contribution in [0.5, 0.6) is 0 Å². The summed E-state index contributed by atoms with van der Waals surface area (Å²) < 4.78 is 17.6. The molecule has 0 saturated carbocycles. The van der Waals surface area contributed by atoms with Gasteiger partial charge in [-0.25, -0.2) is 9.59 Å². The van der Waals surface area contributed by atoms with Crippen LogP contribution in [0.3, 0.4) is 0 Å². The van der Waals surface area contributed by atoms with Gasteiger partial charge >= 0.3 is 11.9 Å². The highest BCUT2D eigenvalue weighted by atomic mass is 79.9. The fraction of sp³-hybridized carbons (Fsp3) is 0.304. The van der Waals surface area contributed by atoms with E-state index >= 15 is 0 Å². The van der Waals surface area contributed by atoms with Crippen LogP contribution < -0.4 is 5.32 Å². The molecule has 1 aliphatic heterocycles. The van der Waals surface area contributed by atoms with E-state index in [1.165, 1.54) is 0 Å². The Morgan fingerprint density at radius 3 is 2.07 bits per heavy atom. The highest BCUT2D eigenvalue weighted by Crippen LogP contribution is 2.41. The van der Waals surface area contributed by atoms with Gasteiger partial charge in [-0.2, -0.15) is 0 Å². The number of carbonyl (C=O) groups excluding carboxylic acids is 2. The monoisotopic (exact) mass is 473 g/mol. The highest BCUT2D eigenvalue weighted by molar-refractivity contribution is 9.10. The maximum absolute atomic E-state index is 12.8. The second kappa shape index (κ2) is 9.34. The number of hydrogen-bond acceptors (Lipinski definition) is 6. The number of halogens is 1. The largest absolute Gasteiger partial charge is 0.463 e. The van der Waals surface area contributed by atoms with Gasteiger partial charge in [0.2, 0.25) is 0 Å². The van der Waals surface area contributed by atoms with Gasteiger partial charge in [0.1, 0.15) is 11.5 Å². The van der Waals surface area contributed by atoms with Gasteiger partial charge in [0.15, 0.2) is 0 Å². The summed E-state index contributed by atoms with van der Waals surface area (Å²) in [5.41, 5.74) is 2.76. The first-order valence-electron chi connectivity index (χ1n) is 9.76. The summed E-state index contributed by atoms with van der Waals surface area (Å²) >= 11 is 3.53. The number of furan rings is 1. The molecule has 1 aliphatic rings. The number of dihydropyridines is 1. The zero-order chi connectivity index (χ0) is 21.8. The third-order valence-electron chi connectivity index (χ3n) is 4.80. The quantitative estimate of drug-likeness (QED) is 0.590. The lowest BCUT2D eigenvalue weighted by Gasteiger charge is -2.28. The number of ether oxygens (including phenoxy) is 2. The Hall–Kier alpha value is -2.80. The Morgan fingerprint density at radius 2 is 1.53 bits per heavy atom. The molecule has 30 heavy (non-hydrogen) atoms. The Labute approximate surface area is 184 Å². The second-order valence-corrected chi connectivity index (χ2v) is 7.61. The Bertz CT molecular complexity index is 994. The lowest BCUT2D eigenvalue weighted by molar-refractivity contribution is -0.139. The number of benzene rings is 1. The molecule has 0 radical (unpaired) electrons. The van der Waals surface area contributed by atoms with E-state index in [0.29, 0.717) is 34.1 Å². The van der Waals surface area contributed by atoms with Gasteiger partial charge in [0.25, 0.3) is 0 Å². The normalized spacial score (nSPS) is 14.6. The first kappa shape index (κ1) is 21.9. The second-order valence-electron chi connectivity index (χ2n) is 6.76. The van der Waals surface area contributed by atoms with Crippen molar-refractivity contribution in [1.29, 1.82) is 0 Å². The summed E-state index contributed by atoms with van der Waals surface area (Å²) in [6.45, 7) is 7.49. The van der Waals surface area contributed by atoms with E-state index in [-0.39, 0.29) is 13.2 Å². The molecule has 2 heterocycles. The molecule has 0 bridgehead atoms. The number of carbonyl (C=O) groups is 2. The number of hydrogen-bond donors (Lipinski definition) is 1. The lowest BCUT2D eigenvalue weighted by atomic mass is 9.83. The van der Waals surface area contributed by atoms with Crippen molar-refractivity contribution in [3.63, 3.8) is 0 Å². The van der Waals surface area contributed by atoms with Crippen molar-refractivity contribution in [3.05, 3.63) is 69.2 Å². The van der Waals surface area contributed by atoms with E-state index in [4.69, 9.17) is 13.9 Å². The molecule has 0 aliphatic carbocycles. The molecule has 1 aromatic carbocycles. The minimum Gasteiger partial charge on any atom is -0.463 e. The molecule has 3 rings (SSSR count). The fourth-order valence-corrected chi connectivity index (χ4v) is 4.03. The van der Waals surface area contributed by atoms with Crippen LogP contribution in [0.25, 0.3) is 11.3 Å². The summed E-state index contributed by atoms with van der Waals surface area (Å²) in [4.78, 5) is 25.6. The van der Waals surface area contributed by atoms with E-state index in [0.717, 1.165) is 10.0 Å². The van der Waals surface area contributed by atoms with Crippen molar-refractivity contribution < 1.29 is 23.5 Å². The van der Waals surface area contributed by atoms with Crippen molar-refractivity contribution in [2.75, 3.05) is 13.2 Å². The first-order chi connectivity index (χ1) is 14.4. The summed E-state index contributed by atoms with van der Waals surface area (Å²) in [5.74, 6) is -0.647. The topological polar surface area (TPSA) is 77.8 Å². The minimum absolute atomic E-state index is 0.222. The van der Waals surface area contributed by atoms with Crippen LogP contribution >= 0.6 is 15.9 Å². The molecule has 0 saturated heterocycles. The molecule has 2 aromatic rings. The molecule has 0 spiro atoms. The van der Waals surface area contributed by atoms with Crippen LogP contribution in [0.15, 0.2) is 67.8 Å².